The van der Waals surface area contributed by atoms with Crippen molar-refractivity contribution in [2.75, 3.05) is 0 Å². The molecule has 2 fully saturated rings. The van der Waals surface area contributed by atoms with E-state index < -0.39 is 6.10 Å². The zero-order chi connectivity index (χ0) is 13.4. The van der Waals surface area contributed by atoms with E-state index in [0.717, 1.165) is 12.3 Å². The molecule has 19 heavy (non-hydrogen) atoms. The van der Waals surface area contributed by atoms with Crippen molar-refractivity contribution in [3.63, 3.8) is 0 Å². The van der Waals surface area contributed by atoms with Crippen LogP contribution in [0.1, 0.15) is 44.5 Å². The third-order valence-electron chi connectivity index (χ3n) is 4.24. The lowest BCUT2D eigenvalue weighted by Crippen LogP contribution is -2.35. The minimum Gasteiger partial charge on any atom is -0.467 e. The molecule has 0 bridgehead atoms. The molecule has 0 aliphatic heterocycles. The Morgan fingerprint density at radius 1 is 1.58 bits per heavy atom. The van der Waals surface area contributed by atoms with Gasteiger partial charge >= 0.3 is 0 Å². The Labute approximate surface area is 113 Å². The second-order valence-corrected chi connectivity index (χ2v) is 6.02. The molecule has 2 N–H and O–H groups in total. The van der Waals surface area contributed by atoms with E-state index in [1.165, 1.54) is 12.8 Å². The van der Waals surface area contributed by atoms with Crippen LogP contribution in [0.2, 0.25) is 0 Å². The zero-order valence-corrected chi connectivity index (χ0v) is 11.2. The standard InChI is InChI=1S/C15H21NO3/c1-9(7-13(17)14-3-2-6-19-14)16-15(18)12-8-11(12)10-4-5-10/h2-3,6,9-13,17H,4-5,7-8H2,1H3,(H,16,18)/t9-,11+,12-,13+/m1/s1. The first-order valence-corrected chi connectivity index (χ1v) is 7.17. The van der Waals surface area contributed by atoms with Crippen LogP contribution >= 0.6 is 0 Å². The van der Waals surface area contributed by atoms with Crippen molar-refractivity contribution in [1.82, 2.24) is 5.32 Å². The van der Waals surface area contributed by atoms with Crippen molar-refractivity contribution in [2.24, 2.45) is 17.8 Å². The molecule has 4 heteroatoms. The molecule has 2 saturated carbocycles. The van der Waals surface area contributed by atoms with Crippen molar-refractivity contribution in [2.45, 2.75) is 44.8 Å². The largest absolute Gasteiger partial charge is 0.467 e. The Hall–Kier alpha value is -1.29. The highest BCUT2D eigenvalue weighted by atomic mass is 16.4. The van der Waals surface area contributed by atoms with E-state index in [1.54, 1.807) is 18.4 Å². The van der Waals surface area contributed by atoms with E-state index >= 15 is 0 Å². The minimum absolute atomic E-state index is 0.0342. The number of aliphatic hydroxyl groups is 1. The number of nitrogens with one attached hydrogen (secondary N) is 1. The lowest BCUT2D eigenvalue weighted by atomic mass is 10.1. The van der Waals surface area contributed by atoms with Gasteiger partial charge in [-0.15, -0.1) is 0 Å². The summed E-state index contributed by atoms with van der Waals surface area (Å²) < 4.78 is 5.16. The van der Waals surface area contributed by atoms with E-state index in [4.69, 9.17) is 4.42 Å². The fourth-order valence-electron chi connectivity index (χ4n) is 2.90. The van der Waals surface area contributed by atoms with Crippen molar-refractivity contribution >= 4 is 5.91 Å². The Bertz CT molecular complexity index is 438. The fraction of sp³-hybridized carbons (Fsp3) is 0.667. The van der Waals surface area contributed by atoms with Gasteiger partial charge in [-0.2, -0.15) is 0 Å². The van der Waals surface area contributed by atoms with Gasteiger partial charge in [0.05, 0.1) is 6.26 Å². The van der Waals surface area contributed by atoms with Crippen molar-refractivity contribution in [3.8, 4) is 0 Å². The lowest BCUT2D eigenvalue weighted by molar-refractivity contribution is -0.123. The fourth-order valence-corrected chi connectivity index (χ4v) is 2.90. The monoisotopic (exact) mass is 263 g/mol. The first-order valence-electron chi connectivity index (χ1n) is 7.17. The maximum atomic E-state index is 12.0. The number of carbonyl (C=O) groups is 1. The van der Waals surface area contributed by atoms with Crippen LogP contribution in [0, 0.1) is 17.8 Å². The van der Waals surface area contributed by atoms with E-state index in [0.29, 0.717) is 18.1 Å². The molecule has 3 rings (SSSR count). The van der Waals surface area contributed by atoms with Crippen molar-refractivity contribution in [1.29, 1.82) is 0 Å². The molecule has 0 spiro atoms. The maximum Gasteiger partial charge on any atom is 0.223 e. The van der Waals surface area contributed by atoms with Crippen LogP contribution in [0.5, 0.6) is 0 Å². The van der Waals surface area contributed by atoms with Gasteiger partial charge < -0.3 is 14.8 Å². The Balaban J connectivity index is 1.43. The van der Waals surface area contributed by atoms with Crippen LogP contribution in [0.15, 0.2) is 22.8 Å². The lowest BCUT2D eigenvalue weighted by Gasteiger charge is -2.16. The molecule has 4 nitrogen and oxygen atoms in total. The summed E-state index contributed by atoms with van der Waals surface area (Å²) in [6, 6.07) is 3.48. The predicted molar refractivity (Wildman–Crippen MR) is 70.2 cm³/mol. The van der Waals surface area contributed by atoms with Crippen LogP contribution in [0.3, 0.4) is 0 Å². The number of hydrogen-bond acceptors (Lipinski definition) is 3. The first kappa shape index (κ1) is 12.7. The van der Waals surface area contributed by atoms with Crippen LogP contribution in [-0.4, -0.2) is 17.1 Å². The van der Waals surface area contributed by atoms with Crippen LogP contribution < -0.4 is 5.32 Å². The molecule has 0 unspecified atom stereocenters. The molecule has 2 aliphatic carbocycles. The molecule has 1 aromatic rings. The third-order valence-corrected chi connectivity index (χ3v) is 4.24. The van der Waals surface area contributed by atoms with Gasteiger partial charge in [-0.3, -0.25) is 4.79 Å². The van der Waals surface area contributed by atoms with Gasteiger partial charge in [0, 0.05) is 18.4 Å². The quantitative estimate of drug-likeness (QED) is 0.827. The molecular weight excluding hydrogens is 242 g/mol. The normalized spacial score (nSPS) is 28.7. The van der Waals surface area contributed by atoms with E-state index in [1.807, 2.05) is 6.92 Å². The summed E-state index contributed by atoms with van der Waals surface area (Å²) in [5.74, 6) is 2.41. The SMILES string of the molecule is C[C@H](C[C@H](O)c1ccco1)NC(=O)[C@@H]1C[C@H]1C1CC1. The molecule has 4 atom stereocenters. The highest BCUT2D eigenvalue weighted by molar-refractivity contribution is 5.81. The predicted octanol–water partition coefficient (Wildman–Crippen LogP) is 2.25. The first-order chi connectivity index (χ1) is 9.15. The van der Waals surface area contributed by atoms with Gasteiger partial charge in [-0.05, 0) is 50.2 Å². The van der Waals surface area contributed by atoms with Gasteiger partial charge in [0.1, 0.15) is 11.9 Å². The summed E-state index contributed by atoms with van der Waals surface area (Å²) in [5.41, 5.74) is 0. The molecule has 1 aromatic heterocycles. The minimum atomic E-state index is -0.649. The van der Waals surface area contributed by atoms with Crippen molar-refractivity contribution in [3.05, 3.63) is 24.2 Å². The van der Waals surface area contributed by atoms with Gasteiger partial charge in [0.15, 0.2) is 0 Å². The Morgan fingerprint density at radius 2 is 2.37 bits per heavy atom. The zero-order valence-electron chi connectivity index (χ0n) is 11.2. The average molecular weight is 263 g/mol. The molecule has 2 aliphatic rings. The summed E-state index contributed by atoms with van der Waals surface area (Å²) in [5, 5.41) is 13.0. The van der Waals surface area contributed by atoms with Gasteiger partial charge in [-0.25, -0.2) is 0 Å². The van der Waals surface area contributed by atoms with Crippen LogP contribution in [0.25, 0.3) is 0 Å². The maximum absolute atomic E-state index is 12.0. The highest BCUT2D eigenvalue weighted by Gasteiger charge is 2.51. The number of aliphatic hydroxyl groups excluding tert-OH is 1. The number of amides is 1. The van der Waals surface area contributed by atoms with E-state index in [2.05, 4.69) is 5.32 Å². The van der Waals surface area contributed by atoms with E-state index in [-0.39, 0.29) is 17.9 Å². The number of rotatable bonds is 6. The summed E-state index contributed by atoms with van der Waals surface area (Å²) in [6.45, 7) is 1.93. The molecule has 104 valence electrons. The highest BCUT2D eigenvalue weighted by Crippen LogP contribution is 2.54. The molecule has 1 amide bonds. The molecule has 0 radical (unpaired) electrons. The Morgan fingerprint density at radius 3 is 3.00 bits per heavy atom. The molecular formula is C15H21NO3. The summed E-state index contributed by atoms with van der Waals surface area (Å²) in [6.07, 6.45) is 5.06. The van der Waals surface area contributed by atoms with E-state index in [9.17, 15) is 9.90 Å². The second-order valence-electron chi connectivity index (χ2n) is 6.02. The number of carbonyl (C=O) groups excluding carboxylic acids is 1. The number of furan rings is 1. The average Bonchev–Trinajstić information content (AvgIpc) is 3.25. The van der Waals surface area contributed by atoms with Gasteiger partial charge in [-0.1, -0.05) is 0 Å². The van der Waals surface area contributed by atoms with Gasteiger partial charge in [0.2, 0.25) is 5.91 Å². The Kier molecular flexibility index (Phi) is 3.35. The molecule has 0 aromatic carbocycles. The van der Waals surface area contributed by atoms with Crippen LogP contribution in [0.4, 0.5) is 0 Å². The van der Waals surface area contributed by atoms with Crippen LogP contribution in [-0.2, 0) is 4.79 Å². The summed E-state index contributed by atoms with van der Waals surface area (Å²) >= 11 is 0. The third kappa shape index (κ3) is 3.00. The summed E-state index contributed by atoms with van der Waals surface area (Å²) in [7, 11) is 0. The van der Waals surface area contributed by atoms with Crippen molar-refractivity contribution < 1.29 is 14.3 Å². The second kappa shape index (κ2) is 5.00. The smallest absolute Gasteiger partial charge is 0.223 e. The topological polar surface area (TPSA) is 62.5 Å². The molecule has 1 heterocycles. The summed E-state index contributed by atoms with van der Waals surface area (Å²) in [4.78, 5) is 12.0. The van der Waals surface area contributed by atoms with Gasteiger partial charge in [0.25, 0.3) is 0 Å². The number of hydrogen-bond donors (Lipinski definition) is 2. The molecule has 0 saturated heterocycles.